The van der Waals surface area contributed by atoms with Crippen molar-refractivity contribution in [3.63, 3.8) is 0 Å². The molecule has 3 aromatic rings. The molecule has 0 aliphatic heterocycles. The van der Waals surface area contributed by atoms with E-state index in [0.717, 1.165) is 16.5 Å². The molecule has 3 rings (SSSR count). The largest absolute Gasteiger partial charge is 0.368 e. The van der Waals surface area contributed by atoms with Crippen LogP contribution in [0.3, 0.4) is 0 Å². The fourth-order valence-electron chi connectivity index (χ4n) is 1.95. The van der Waals surface area contributed by atoms with E-state index >= 15 is 0 Å². The van der Waals surface area contributed by atoms with Crippen LogP contribution in [-0.4, -0.2) is 19.5 Å². The average Bonchev–Trinajstić information content (AvgIpc) is 2.42. The lowest BCUT2D eigenvalue weighted by Gasteiger charge is -2.07. The van der Waals surface area contributed by atoms with Crippen LogP contribution in [0, 0.1) is 0 Å². The molecule has 0 fully saturated rings. The lowest BCUT2D eigenvalue weighted by molar-refractivity contribution is 0.694. The van der Waals surface area contributed by atoms with Gasteiger partial charge in [-0.3, -0.25) is 9.55 Å². The third-order valence-corrected chi connectivity index (χ3v) is 2.86. The van der Waals surface area contributed by atoms with Gasteiger partial charge in [-0.1, -0.05) is 24.3 Å². The first kappa shape index (κ1) is 11.3. The van der Waals surface area contributed by atoms with Gasteiger partial charge in [0.25, 0.3) is 0 Å². The Morgan fingerprint density at radius 1 is 1.16 bits per heavy atom. The number of fused-ring (bicyclic) bond motifs is 1. The molecule has 6 nitrogen and oxygen atoms in total. The van der Waals surface area contributed by atoms with Gasteiger partial charge in [-0.2, -0.15) is 4.98 Å². The third-order valence-electron chi connectivity index (χ3n) is 2.86. The Bertz CT molecular complexity index is 791. The van der Waals surface area contributed by atoms with Crippen molar-refractivity contribution < 1.29 is 0 Å². The Balaban J connectivity index is 2.08. The molecule has 94 valence electrons. The first-order valence-corrected chi connectivity index (χ1v) is 5.75. The normalized spacial score (nSPS) is 10.7. The Labute approximate surface area is 108 Å². The molecule has 2 N–H and O–H groups in total. The number of pyridine rings is 1. The van der Waals surface area contributed by atoms with Crippen LogP contribution >= 0.6 is 0 Å². The summed E-state index contributed by atoms with van der Waals surface area (Å²) in [5.74, 6) is -0.0212. The van der Waals surface area contributed by atoms with Crippen molar-refractivity contribution in [1.82, 2.24) is 19.5 Å². The van der Waals surface area contributed by atoms with Crippen LogP contribution in [0.25, 0.3) is 10.8 Å². The van der Waals surface area contributed by atoms with E-state index in [1.54, 1.807) is 6.20 Å². The molecule has 1 aromatic carbocycles. The zero-order valence-corrected chi connectivity index (χ0v) is 10.0. The van der Waals surface area contributed by atoms with E-state index in [4.69, 9.17) is 5.73 Å². The van der Waals surface area contributed by atoms with Crippen molar-refractivity contribution in [1.29, 1.82) is 0 Å². The molecule has 0 aliphatic carbocycles. The molecule has 0 amide bonds. The molecule has 19 heavy (non-hydrogen) atoms. The van der Waals surface area contributed by atoms with E-state index in [1.807, 2.05) is 30.3 Å². The SMILES string of the molecule is Nc1ncn(Cc2nccc3ccccc23)c(=O)n1. The molecule has 0 bridgehead atoms. The molecular formula is C13H11N5O. The predicted octanol–water partition coefficient (Wildman–Crippen LogP) is 0.817. The monoisotopic (exact) mass is 253 g/mol. The van der Waals surface area contributed by atoms with Gasteiger partial charge >= 0.3 is 5.69 Å². The molecule has 0 radical (unpaired) electrons. The first-order valence-electron chi connectivity index (χ1n) is 5.75. The van der Waals surface area contributed by atoms with Crippen LogP contribution in [0.5, 0.6) is 0 Å². The van der Waals surface area contributed by atoms with Gasteiger partial charge < -0.3 is 5.73 Å². The zero-order chi connectivity index (χ0) is 13.2. The lowest BCUT2D eigenvalue weighted by Crippen LogP contribution is -2.25. The third kappa shape index (κ3) is 2.15. The minimum atomic E-state index is -0.428. The van der Waals surface area contributed by atoms with Gasteiger partial charge in [-0.05, 0) is 11.5 Å². The molecule has 6 heteroatoms. The fraction of sp³-hybridized carbons (Fsp3) is 0.0769. The second-order valence-electron chi connectivity index (χ2n) is 4.10. The fourth-order valence-corrected chi connectivity index (χ4v) is 1.95. The highest BCUT2D eigenvalue weighted by Gasteiger charge is 2.05. The summed E-state index contributed by atoms with van der Waals surface area (Å²) in [7, 11) is 0. The van der Waals surface area contributed by atoms with Crippen molar-refractivity contribution in [3.8, 4) is 0 Å². The number of benzene rings is 1. The molecule has 0 atom stereocenters. The van der Waals surface area contributed by atoms with Crippen molar-refractivity contribution in [2.45, 2.75) is 6.54 Å². The van der Waals surface area contributed by atoms with Gasteiger partial charge in [0.15, 0.2) is 0 Å². The number of anilines is 1. The number of aromatic nitrogens is 4. The number of nitrogens with two attached hydrogens (primary N) is 1. The molecule has 0 saturated heterocycles. The van der Waals surface area contributed by atoms with Crippen LogP contribution in [0.1, 0.15) is 5.69 Å². The first-order chi connectivity index (χ1) is 9.24. The quantitative estimate of drug-likeness (QED) is 0.730. The lowest BCUT2D eigenvalue weighted by atomic mass is 10.1. The van der Waals surface area contributed by atoms with Crippen LogP contribution in [-0.2, 0) is 6.54 Å². The average molecular weight is 253 g/mol. The molecule has 0 spiro atoms. The summed E-state index contributed by atoms with van der Waals surface area (Å²) in [6.45, 7) is 0.320. The van der Waals surface area contributed by atoms with Gasteiger partial charge in [0, 0.05) is 11.6 Å². The second-order valence-corrected chi connectivity index (χ2v) is 4.10. The van der Waals surface area contributed by atoms with Crippen LogP contribution in [0.2, 0.25) is 0 Å². The number of rotatable bonds is 2. The van der Waals surface area contributed by atoms with Crippen molar-refractivity contribution in [2.24, 2.45) is 0 Å². The summed E-state index contributed by atoms with van der Waals surface area (Å²) in [6.07, 6.45) is 3.11. The number of hydrogen-bond acceptors (Lipinski definition) is 5. The van der Waals surface area contributed by atoms with E-state index in [2.05, 4.69) is 15.0 Å². The topological polar surface area (TPSA) is 86.7 Å². The molecule has 0 saturated carbocycles. The summed E-state index contributed by atoms with van der Waals surface area (Å²) >= 11 is 0. The highest BCUT2D eigenvalue weighted by molar-refractivity contribution is 5.84. The van der Waals surface area contributed by atoms with Gasteiger partial charge in [0.2, 0.25) is 5.95 Å². The second kappa shape index (κ2) is 4.49. The molecular weight excluding hydrogens is 242 g/mol. The van der Waals surface area contributed by atoms with Crippen molar-refractivity contribution >= 4 is 16.7 Å². The maximum atomic E-state index is 11.7. The molecule has 2 aromatic heterocycles. The Kier molecular flexibility index (Phi) is 2.68. The Morgan fingerprint density at radius 3 is 2.84 bits per heavy atom. The summed E-state index contributed by atoms with van der Waals surface area (Å²) in [6, 6.07) is 9.81. The minimum absolute atomic E-state index is 0.0212. The van der Waals surface area contributed by atoms with Crippen LogP contribution in [0.15, 0.2) is 47.7 Å². The standard InChI is InChI=1S/C13H11N5O/c14-12-16-8-18(13(19)17-12)7-11-10-4-2-1-3-9(10)5-6-15-11/h1-6,8H,7H2,(H2,14,17,19). The maximum Gasteiger partial charge on any atom is 0.352 e. The zero-order valence-electron chi connectivity index (χ0n) is 10.0. The van der Waals surface area contributed by atoms with Crippen LogP contribution in [0.4, 0.5) is 5.95 Å². The maximum absolute atomic E-state index is 11.7. The number of nitrogen functional groups attached to an aromatic ring is 1. The summed E-state index contributed by atoms with van der Waals surface area (Å²) < 4.78 is 1.38. The van der Waals surface area contributed by atoms with Gasteiger partial charge in [0.05, 0.1) is 12.2 Å². The highest BCUT2D eigenvalue weighted by Crippen LogP contribution is 2.16. The smallest absolute Gasteiger partial charge is 0.352 e. The Hall–Kier alpha value is -2.76. The van der Waals surface area contributed by atoms with E-state index in [9.17, 15) is 4.79 Å². The van der Waals surface area contributed by atoms with Gasteiger partial charge in [-0.15, -0.1) is 0 Å². The van der Waals surface area contributed by atoms with E-state index < -0.39 is 5.69 Å². The summed E-state index contributed by atoms with van der Waals surface area (Å²) in [5.41, 5.74) is 5.73. The number of hydrogen-bond donors (Lipinski definition) is 1. The Morgan fingerprint density at radius 2 is 2.00 bits per heavy atom. The van der Waals surface area contributed by atoms with Gasteiger partial charge in [0.1, 0.15) is 6.33 Å². The predicted molar refractivity (Wildman–Crippen MR) is 71.5 cm³/mol. The van der Waals surface area contributed by atoms with Crippen molar-refractivity contribution in [2.75, 3.05) is 5.73 Å². The van der Waals surface area contributed by atoms with E-state index in [1.165, 1.54) is 10.9 Å². The van der Waals surface area contributed by atoms with E-state index in [-0.39, 0.29) is 5.95 Å². The summed E-state index contributed by atoms with van der Waals surface area (Å²) in [5, 5.41) is 2.09. The molecule has 0 aliphatic rings. The van der Waals surface area contributed by atoms with Crippen LogP contribution < -0.4 is 11.4 Å². The molecule has 2 heterocycles. The van der Waals surface area contributed by atoms with Gasteiger partial charge in [-0.25, -0.2) is 9.78 Å². The van der Waals surface area contributed by atoms with Crippen molar-refractivity contribution in [3.05, 3.63) is 59.0 Å². The summed E-state index contributed by atoms with van der Waals surface area (Å²) in [4.78, 5) is 23.4. The number of nitrogens with zero attached hydrogens (tertiary/aromatic N) is 4. The minimum Gasteiger partial charge on any atom is -0.368 e. The highest BCUT2D eigenvalue weighted by atomic mass is 16.1. The molecule has 0 unspecified atom stereocenters. The van der Waals surface area contributed by atoms with E-state index in [0.29, 0.717) is 6.54 Å².